The van der Waals surface area contributed by atoms with Crippen LogP contribution in [0, 0.1) is 5.82 Å². The predicted octanol–water partition coefficient (Wildman–Crippen LogP) is 4.33. The molecule has 3 nitrogen and oxygen atoms in total. The van der Waals surface area contributed by atoms with Crippen molar-refractivity contribution in [2.24, 2.45) is 0 Å². The van der Waals surface area contributed by atoms with Crippen molar-refractivity contribution in [2.45, 2.75) is 32.6 Å². The molecule has 0 radical (unpaired) electrons. The zero-order chi connectivity index (χ0) is 17.4. The van der Waals surface area contributed by atoms with Crippen LogP contribution in [0.1, 0.15) is 41.4 Å². The number of nitrogens with zero attached hydrogens (tertiary/aromatic N) is 1. The number of thiophene rings is 1. The second-order valence-corrected chi connectivity index (χ2v) is 6.61. The van der Waals surface area contributed by atoms with Gasteiger partial charge in [0.1, 0.15) is 5.82 Å². The minimum absolute atomic E-state index is 0.0138. The van der Waals surface area contributed by atoms with Crippen LogP contribution in [-0.4, -0.2) is 29.7 Å². The lowest BCUT2D eigenvalue weighted by atomic mass is 10.1. The number of hydrogen-bond donors (Lipinski definition) is 0. The van der Waals surface area contributed by atoms with Crippen molar-refractivity contribution in [1.82, 2.24) is 4.90 Å². The van der Waals surface area contributed by atoms with E-state index in [2.05, 4.69) is 0 Å². The molecule has 0 aliphatic rings. The number of halogens is 1. The third-order valence-corrected chi connectivity index (χ3v) is 4.68. The zero-order valence-electron chi connectivity index (χ0n) is 13.8. The minimum atomic E-state index is -0.262. The largest absolute Gasteiger partial charge is 0.342 e. The number of amides is 1. The maximum Gasteiger partial charge on any atom is 0.223 e. The molecule has 2 rings (SSSR count). The summed E-state index contributed by atoms with van der Waals surface area (Å²) in [6.07, 6.45) is 1.93. The first-order valence-corrected chi connectivity index (χ1v) is 9.07. The number of Topliss-reactive ketones (excluding diaryl/α,β-unsaturated/α-hetero) is 1. The normalized spacial score (nSPS) is 10.6. The molecule has 0 spiro atoms. The first kappa shape index (κ1) is 18.3. The van der Waals surface area contributed by atoms with Crippen molar-refractivity contribution in [2.75, 3.05) is 13.1 Å². The zero-order valence-corrected chi connectivity index (χ0v) is 14.7. The van der Waals surface area contributed by atoms with Gasteiger partial charge in [0.25, 0.3) is 0 Å². The van der Waals surface area contributed by atoms with E-state index in [0.717, 1.165) is 12.0 Å². The molecule has 0 N–H and O–H groups in total. The van der Waals surface area contributed by atoms with Gasteiger partial charge in [0.15, 0.2) is 5.78 Å². The van der Waals surface area contributed by atoms with E-state index in [0.29, 0.717) is 24.4 Å². The van der Waals surface area contributed by atoms with Gasteiger partial charge in [-0.2, -0.15) is 0 Å². The van der Waals surface area contributed by atoms with Crippen molar-refractivity contribution in [3.8, 4) is 0 Å². The van der Waals surface area contributed by atoms with Crippen LogP contribution < -0.4 is 0 Å². The molecule has 1 heterocycles. The quantitative estimate of drug-likeness (QED) is 0.633. The van der Waals surface area contributed by atoms with Crippen molar-refractivity contribution in [3.05, 3.63) is 58.0 Å². The number of benzene rings is 1. The summed E-state index contributed by atoms with van der Waals surface area (Å²) >= 11 is 1.40. The maximum atomic E-state index is 13.2. The average Bonchev–Trinajstić information content (AvgIpc) is 3.11. The predicted molar refractivity (Wildman–Crippen MR) is 94.9 cm³/mol. The Bertz CT molecular complexity index is 670. The van der Waals surface area contributed by atoms with Gasteiger partial charge in [-0.05, 0) is 42.0 Å². The number of carbonyl (C=O) groups excluding carboxylic acids is 2. The van der Waals surface area contributed by atoms with Crippen LogP contribution in [0.2, 0.25) is 0 Å². The molecular formula is C19H22FNO2S. The Hall–Kier alpha value is -2.01. The maximum absolute atomic E-state index is 13.2. The summed E-state index contributed by atoms with van der Waals surface area (Å²) in [7, 11) is 0. The number of hydrogen-bond acceptors (Lipinski definition) is 3. The third-order valence-electron chi connectivity index (χ3n) is 3.77. The van der Waals surface area contributed by atoms with E-state index in [9.17, 15) is 14.0 Å². The molecule has 2 aromatic rings. The van der Waals surface area contributed by atoms with Gasteiger partial charge in [-0.25, -0.2) is 4.39 Å². The fraction of sp³-hybridized carbons (Fsp3) is 0.368. The molecule has 0 saturated carbocycles. The topological polar surface area (TPSA) is 37.4 Å². The molecule has 1 aromatic heterocycles. The summed E-state index contributed by atoms with van der Waals surface area (Å²) in [4.78, 5) is 26.9. The first-order valence-electron chi connectivity index (χ1n) is 8.19. The van der Waals surface area contributed by atoms with Crippen LogP contribution >= 0.6 is 11.3 Å². The Morgan fingerprint density at radius 1 is 1.12 bits per heavy atom. The highest BCUT2D eigenvalue weighted by Gasteiger charge is 2.15. The van der Waals surface area contributed by atoms with E-state index < -0.39 is 0 Å². The molecule has 0 atom stereocenters. The monoisotopic (exact) mass is 347 g/mol. The fourth-order valence-corrected chi connectivity index (χ4v) is 3.22. The second-order valence-electron chi connectivity index (χ2n) is 5.66. The highest BCUT2D eigenvalue weighted by atomic mass is 32.1. The Labute approximate surface area is 146 Å². The van der Waals surface area contributed by atoms with E-state index in [1.807, 2.05) is 24.4 Å². The minimum Gasteiger partial charge on any atom is -0.342 e. The van der Waals surface area contributed by atoms with E-state index in [-0.39, 0.29) is 30.3 Å². The van der Waals surface area contributed by atoms with Crippen LogP contribution in [0.4, 0.5) is 4.39 Å². The summed E-state index contributed by atoms with van der Waals surface area (Å²) in [5, 5.41) is 1.86. The first-order chi connectivity index (χ1) is 11.6. The van der Waals surface area contributed by atoms with Crippen molar-refractivity contribution in [3.63, 3.8) is 0 Å². The molecular weight excluding hydrogens is 325 g/mol. The lowest BCUT2D eigenvalue weighted by molar-refractivity contribution is -0.131. The number of carbonyl (C=O) groups is 2. The van der Waals surface area contributed by atoms with Crippen molar-refractivity contribution < 1.29 is 14.0 Å². The Morgan fingerprint density at radius 2 is 1.96 bits per heavy atom. The molecule has 24 heavy (non-hydrogen) atoms. The summed E-state index contributed by atoms with van der Waals surface area (Å²) in [5.74, 6) is -0.263. The van der Waals surface area contributed by atoms with Gasteiger partial charge in [0.05, 0.1) is 4.88 Å². The SMILES string of the molecule is CCCN(CCc1cccc(F)c1)C(=O)CCC(=O)c1cccs1. The van der Waals surface area contributed by atoms with E-state index in [1.54, 1.807) is 17.0 Å². The standard InChI is InChI=1S/C19H22FNO2S/c1-2-11-21(12-10-15-5-3-6-16(20)14-15)19(23)9-8-17(22)18-7-4-13-24-18/h3-7,13-14H,2,8-12H2,1H3. The van der Waals surface area contributed by atoms with Crippen molar-refractivity contribution >= 4 is 23.0 Å². The van der Waals surface area contributed by atoms with Crippen LogP contribution in [0.15, 0.2) is 41.8 Å². The van der Waals surface area contributed by atoms with Gasteiger partial charge in [-0.15, -0.1) is 11.3 Å². The molecule has 0 saturated heterocycles. The molecule has 0 fully saturated rings. The highest BCUT2D eigenvalue weighted by Crippen LogP contribution is 2.13. The van der Waals surface area contributed by atoms with Gasteiger partial charge in [-0.1, -0.05) is 25.1 Å². The molecule has 0 unspecified atom stereocenters. The van der Waals surface area contributed by atoms with Crippen molar-refractivity contribution in [1.29, 1.82) is 0 Å². The Balaban J connectivity index is 1.86. The number of ketones is 1. The van der Waals surface area contributed by atoms with Gasteiger partial charge < -0.3 is 4.90 Å². The van der Waals surface area contributed by atoms with Gasteiger partial charge in [0.2, 0.25) is 5.91 Å². The van der Waals surface area contributed by atoms with Crippen LogP contribution in [-0.2, 0) is 11.2 Å². The van der Waals surface area contributed by atoms with Crippen LogP contribution in [0.5, 0.6) is 0 Å². The summed E-state index contributed by atoms with van der Waals surface area (Å²) in [6.45, 7) is 3.21. The van der Waals surface area contributed by atoms with Gasteiger partial charge in [0, 0.05) is 25.9 Å². The third kappa shape index (κ3) is 5.57. The van der Waals surface area contributed by atoms with Gasteiger partial charge in [-0.3, -0.25) is 9.59 Å². The van der Waals surface area contributed by atoms with E-state index >= 15 is 0 Å². The molecule has 128 valence electrons. The molecule has 0 aliphatic carbocycles. The molecule has 1 amide bonds. The molecule has 5 heteroatoms. The smallest absolute Gasteiger partial charge is 0.223 e. The van der Waals surface area contributed by atoms with E-state index in [1.165, 1.54) is 23.5 Å². The summed E-state index contributed by atoms with van der Waals surface area (Å²) in [6, 6.07) is 10.1. The lowest BCUT2D eigenvalue weighted by Gasteiger charge is -2.22. The number of rotatable bonds is 9. The Morgan fingerprint density at radius 3 is 2.62 bits per heavy atom. The lowest BCUT2D eigenvalue weighted by Crippen LogP contribution is -2.33. The molecule has 1 aromatic carbocycles. The van der Waals surface area contributed by atoms with Crippen LogP contribution in [0.25, 0.3) is 0 Å². The fourth-order valence-electron chi connectivity index (χ4n) is 2.53. The molecule has 0 bridgehead atoms. The second kappa shape index (κ2) is 9.33. The summed E-state index contributed by atoms with van der Waals surface area (Å²) in [5.41, 5.74) is 0.874. The molecule has 0 aliphatic heterocycles. The Kier molecular flexibility index (Phi) is 7.12. The van der Waals surface area contributed by atoms with E-state index in [4.69, 9.17) is 0 Å². The van der Waals surface area contributed by atoms with Crippen LogP contribution in [0.3, 0.4) is 0 Å². The van der Waals surface area contributed by atoms with Gasteiger partial charge >= 0.3 is 0 Å². The highest BCUT2D eigenvalue weighted by molar-refractivity contribution is 7.12. The summed E-state index contributed by atoms with van der Waals surface area (Å²) < 4.78 is 13.2. The average molecular weight is 347 g/mol.